The molecule has 1 aliphatic rings. The molecule has 0 bridgehead atoms. The van der Waals surface area contributed by atoms with Crippen LogP contribution >= 0.6 is 0 Å². The van der Waals surface area contributed by atoms with Crippen LogP contribution < -0.4 is 20.3 Å². The number of anilines is 1. The first-order valence-corrected chi connectivity index (χ1v) is 11.9. The second kappa shape index (κ2) is 10.5. The Morgan fingerprint density at radius 1 is 1.12 bits per heavy atom. The third-order valence-corrected chi connectivity index (χ3v) is 6.03. The van der Waals surface area contributed by atoms with Crippen molar-refractivity contribution in [1.29, 1.82) is 0 Å². The maximum Gasteiger partial charge on any atom is 0.252 e. The summed E-state index contributed by atoms with van der Waals surface area (Å²) in [7, 11) is 1.63. The number of pyridine rings is 1. The van der Waals surface area contributed by atoms with Gasteiger partial charge >= 0.3 is 0 Å². The number of hydrogen-bond acceptors (Lipinski definition) is 5. The maximum absolute atomic E-state index is 14.3. The summed E-state index contributed by atoms with van der Waals surface area (Å²) in [5.41, 5.74) is 2.49. The lowest BCUT2D eigenvalue weighted by Gasteiger charge is -2.18. The molecule has 1 aliphatic carbocycles. The van der Waals surface area contributed by atoms with Gasteiger partial charge in [-0.25, -0.2) is 13.5 Å². The second-order valence-electron chi connectivity index (χ2n) is 8.26. The van der Waals surface area contributed by atoms with Crippen molar-refractivity contribution in [3.05, 3.63) is 76.2 Å². The Balaban J connectivity index is 1.76. The van der Waals surface area contributed by atoms with Gasteiger partial charge in [0.1, 0.15) is 11.6 Å². The van der Waals surface area contributed by atoms with E-state index in [1.54, 1.807) is 25.4 Å². The maximum atomic E-state index is 14.3. The average Bonchev–Trinajstić information content (AvgIpc) is 3.61. The minimum Gasteiger partial charge on any atom is -0.760 e. The lowest BCUT2D eigenvalue weighted by molar-refractivity contribution is 0.439. The summed E-state index contributed by atoms with van der Waals surface area (Å²) < 4.78 is 58.9. The molecule has 0 amide bonds. The molecule has 3 aromatic rings. The molecule has 1 atom stereocenters. The van der Waals surface area contributed by atoms with Crippen molar-refractivity contribution in [2.45, 2.75) is 19.3 Å². The number of nitrogens with one attached hydrogen (secondary N) is 2. The third-order valence-electron chi connectivity index (χ3n) is 5.59. The van der Waals surface area contributed by atoms with Crippen LogP contribution in [-0.2, 0) is 24.7 Å². The van der Waals surface area contributed by atoms with E-state index in [-0.39, 0.29) is 17.9 Å². The fourth-order valence-electron chi connectivity index (χ4n) is 3.55. The molecule has 1 fully saturated rings. The Bertz CT molecular complexity index is 1280. The normalized spacial score (nSPS) is 14.1. The number of aromatic nitrogens is 1. The van der Waals surface area contributed by atoms with Crippen LogP contribution in [0.3, 0.4) is 0 Å². The molecule has 7 nitrogen and oxygen atoms in total. The molecule has 0 aliphatic heterocycles. The van der Waals surface area contributed by atoms with Gasteiger partial charge < -0.3 is 19.2 Å². The molecule has 2 N–H and O–H groups in total. The molecule has 2 aromatic carbocycles. The summed E-state index contributed by atoms with van der Waals surface area (Å²) in [6.45, 7) is 0.921. The lowest BCUT2D eigenvalue weighted by atomic mass is 10.00. The van der Waals surface area contributed by atoms with E-state index in [1.165, 1.54) is 16.7 Å². The first-order chi connectivity index (χ1) is 16.3. The van der Waals surface area contributed by atoms with Crippen LogP contribution in [0, 0.1) is 17.6 Å². The van der Waals surface area contributed by atoms with Gasteiger partial charge in [-0.15, -0.1) is 0 Å². The van der Waals surface area contributed by atoms with Crippen LogP contribution in [0.4, 0.5) is 14.5 Å². The van der Waals surface area contributed by atoms with E-state index >= 15 is 0 Å². The van der Waals surface area contributed by atoms with Gasteiger partial charge in [0.05, 0.1) is 0 Å². The predicted octanol–water partition coefficient (Wildman–Crippen LogP) is 3.87. The van der Waals surface area contributed by atoms with Gasteiger partial charge in [-0.3, -0.25) is 9.00 Å². The fourth-order valence-corrected chi connectivity index (χ4v) is 3.82. The van der Waals surface area contributed by atoms with Crippen LogP contribution in [0.15, 0.2) is 53.5 Å². The van der Waals surface area contributed by atoms with E-state index in [0.717, 1.165) is 37.1 Å². The Hall–Kier alpha value is -3.08. The van der Waals surface area contributed by atoms with Crippen LogP contribution in [-0.4, -0.2) is 26.4 Å². The zero-order valence-corrected chi connectivity index (χ0v) is 19.3. The van der Waals surface area contributed by atoms with E-state index in [9.17, 15) is 22.3 Å². The van der Waals surface area contributed by atoms with E-state index in [0.29, 0.717) is 34.9 Å². The van der Waals surface area contributed by atoms with Crippen LogP contribution in [0.2, 0.25) is 0 Å². The Morgan fingerprint density at radius 2 is 1.88 bits per heavy atom. The highest BCUT2D eigenvalue weighted by Gasteiger charge is 2.22. The summed E-state index contributed by atoms with van der Waals surface area (Å²) in [5, 5.41) is 3.34. The molecule has 1 aromatic heterocycles. The smallest absolute Gasteiger partial charge is 0.252 e. The lowest BCUT2D eigenvalue weighted by Crippen LogP contribution is -2.19. The molecule has 10 heteroatoms. The van der Waals surface area contributed by atoms with E-state index in [4.69, 9.17) is 4.74 Å². The number of aryl methyl sites for hydroxylation is 1. The quantitative estimate of drug-likeness (QED) is 0.423. The minimum absolute atomic E-state index is 0.142. The van der Waals surface area contributed by atoms with Crippen molar-refractivity contribution in [2.24, 2.45) is 13.0 Å². The molecule has 180 valence electrons. The Morgan fingerprint density at radius 3 is 2.59 bits per heavy atom. The third kappa shape index (κ3) is 6.07. The molecule has 1 saturated carbocycles. The van der Waals surface area contributed by atoms with Gasteiger partial charge in [-0.2, -0.15) is 0 Å². The Kier molecular flexibility index (Phi) is 7.40. The van der Waals surface area contributed by atoms with Gasteiger partial charge in [0.25, 0.3) is 5.56 Å². The van der Waals surface area contributed by atoms with E-state index in [1.807, 2.05) is 6.07 Å². The topological polar surface area (TPSA) is 95.4 Å². The average molecular weight is 489 g/mol. The highest BCUT2D eigenvalue weighted by atomic mass is 32.2. The number of rotatable bonds is 10. The highest BCUT2D eigenvalue weighted by molar-refractivity contribution is 7.77. The molecule has 0 radical (unpaired) electrons. The molecule has 34 heavy (non-hydrogen) atoms. The van der Waals surface area contributed by atoms with Crippen LogP contribution in [0.5, 0.6) is 11.5 Å². The zero-order chi connectivity index (χ0) is 24.2. The molecule has 1 unspecified atom stereocenters. The van der Waals surface area contributed by atoms with Crippen molar-refractivity contribution in [3.8, 4) is 22.6 Å². The van der Waals surface area contributed by atoms with Gasteiger partial charge in [0.15, 0.2) is 11.6 Å². The monoisotopic (exact) mass is 488 g/mol. The number of halogens is 2. The fraction of sp³-hybridized carbons (Fsp3) is 0.292. The van der Waals surface area contributed by atoms with Crippen LogP contribution in [0.25, 0.3) is 11.1 Å². The molecule has 4 rings (SSSR count). The first-order valence-electron chi connectivity index (χ1n) is 10.8. The van der Waals surface area contributed by atoms with E-state index in [2.05, 4.69) is 10.0 Å². The summed E-state index contributed by atoms with van der Waals surface area (Å²) in [4.78, 5) is 12.3. The summed E-state index contributed by atoms with van der Waals surface area (Å²) >= 11 is -2.37. The largest absolute Gasteiger partial charge is 0.760 e. The molecular weight excluding hydrogens is 464 g/mol. The van der Waals surface area contributed by atoms with Crippen molar-refractivity contribution >= 4 is 17.0 Å². The highest BCUT2D eigenvalue weighted by Crippen LogP contribution is 2.39. The number of benzene rings is 2. The van der Waals surface area contributed by atoms with Crippen LogP contribution in [0.1, 0.15) is 18.4 Å². The zero-order valence-electron chi connectivity index (χ0n) is 18.5. The second-order valence-corrected chi connectivity index (χ2v) is 9.02. The number of hydrogen-bond donors (Lipinski definition) is 2. The van der Waals surface area contributed by atoms with Crippen molar-refractivity contribution in [1.82, 2.24) is 9.29 Å². The van der Waals surface area contributed by atoms with E-state index < -0.39 is 22.9 Å². The van der Waals surface area contributed by atoms with Crippen molar-refractivity contribution in [3.63, 3.8) is 0 Å². The summed E-state index contributed by atoms with van der Waals surface area (Å²) in [6.07, 6.45) is 4.35. The van der Waals surface area contributed by atoms with Gasteiger partial charge in [0, 0.05) is 66.5 Å². The number of nitrogens with zero attached hydrogens (tertiary/aromatic N) is 1. The van der Waals surface area contributed by atoms with Crippen molar-refractivity contribution in [2.75, 3.05) is 18.4 Å². The standard InChI is InChI=1S/C24H25F2N3O4S/c1-29-14-19(21(12-24(29)30)27-13-16-2-3-16)18-10-15(8-9-28-34(31)32)4-6-22(18)33-23-7-5-17(25)11-20(23)26/h4-7,10-12,14,16,27-28H,2-3,8-9,13H2,1H3,(H,31,32)/p-1. The van der Waals surface area contributed by atoms with Crippen molar-refractivity contribution < 1.29 is 22.3 Å². The SMILES string of the molecule is Cn1cc(-c2cc(CCNS(=O)[O-])ccc2Oc2ccc(F)cc2F)c(NCC2CC2)cc1=O. The molecule has 0 saturated heterocycles. The van der Waals surface area contributed by atoms with Gasteiger partial charge in [-0.05, 0) is 55.0 Å². The predicted molar refractivity (Wildman–Crippen MR) is 125 cm³/mol. The van der Waals surface area contributed by atoms with Gasteiger partial charge in [0.2, 0.25) is 0 Å². The first kappa shape index (κ1) is 24.1. The Labute approximate surface area is 198 Å². The number of ether oxygens (including phenoxy) is 1. The molecular formula is C24H24F2N3O4S-. The summed E-state index contributed by atoms with van der Waals surface area (Å²) in [5.74, 6) is -0.830. The molecule has 1 heterocycles. The minimum atomic E-state index is -2.37. The molecule has 0 spiro atoms. The summed E-state index contributed by atoms with van der Waals surface area (Å²) in [6, 6.07) is 9.78. The van der Waals surface area contributed by atoms with Gasteiger partial charge in [-0.1, -0.05) is 6.07 Å².